The van der Waals surface area contributed by atoms with Gasteiger partial charge in [-0.15, -0.1) is 0 Å². The first-order valence-electron chi connectivity index (χ1n) is 8.19. The number of carbonyl (C=O) groups is 2. The van der Waals surface area contributed by atoms with Crippen molar-refractivity contribution in [3.05, 3.63) is 72.8 Å². The number of para-hydroxylation sites is 1. The third kappa shape index (κ3) is 6.41. The van der Waals surface area contributed by atoms with Gasteiger partial charge in [-0.25, -0.2) is 19.6 Å². The van der Waals surface area contributed by atoms with Gasteiger partial charge in [-0.2, -0.15) is 0 Å². The summed E-state index contributed by atoms with van der Waals surface area (Å²) in [6.45, 7) is 0.774. The normalized spacial score (nSPS) is 10.8. The van der Waals surface area contributed by atoms with Crippen LogP contribution in [-0.4, -0.2) is 43.8 Å². The molecule has 0 aliphatic rings. The lowest BCUT2D eigenvalue weighted by atomic mass is 10.1. The predicted molar refractivity (Wildman–Crippen MR) is 104 cm³/mol. The smallest absolute Gasteiger partial charge is 0.328 e. The van der Waals surface area contributed by atoms with E-state index in [4.69, 9.17) is 14.9 Å². The predicted octanol–water partition coefficient (Wildman–Crippen LogP) is 2.87. The van der Waals surface area contributed by atoms with Crippen molar-refractivity contribution < 1.29 is 24.5 Å². The number of carboxylic acid groups (broad SMARTS) is 2. The van der Waals surface area contributed by atoms with Crippen molar-refractivity contribution in [2.75, 3.05) is 7.11 Å². The van der Waals surface area contributed by atoms with Crippen molar-refractivity contribution in [2.24, 2.45) is 0 Å². The lowest BCUT2D eigenvalue weighted by molar-refractivity contribution is -0.134. The van der Waals surface area contributed by atoms with Gasteiger partial charge in [-0.3, -0.25) is 0 Å². The molecule has 1 aromatic carbocycles. The van der Waals surface area contributed by atoms with E-state index in [1.54, 1.807) is 19.6 Å². The van der Waals surface area contributed by atoms with Crippen LogP contribution in [0.15, 0.2) is 67.3 Å². The van der Waals surface area contributed by atoms with Crippen LogP contribution in [0.1, 0.15) is 5.56 Å². The van der Waals surface area contributed by atoms with Crippen LogP contribution in [0.5, 0.6) is 5.88 Å². The minimum Gasteiger partial charge on any atom is -0.481 e. The van der Waals surface area contributed by atoms with Crippen molar-refractivity contribution in [3.8, 4) is 5.88 Å². The molecule has 0 saturated heterocycles. The summed E-state index contributed by atoms with van der Waals surface area (Å²) in [6.07, 6.45) is 10.7. The number of rotatable bonds is 6. The Labute approximate surface area is 161 Å². The number of allylic oxidation sites excluding steroid dienone is 1. The molecule has 0 aliphatic heterocycles. The zero-order chi connectivity index (χ0) is 20.4. The molecule has 0 amide bonds. The monoisotopic (exact) mass is 381 g/mol. The molecule has 144 valence electrons. The molecule has 3 rings (SSSR count). The number of aromatic nitrogens is 3. The fraction of sp³-hybridized carbons (Fsp3) is 0.100. The van der Waals surface area contributed by atoms with Gasteiger partial charge < -0.3 is 19.5 Å². The van der Waals surface area contributed by atoms with Gasteiger partial charge in [0.25, 0.3) is 0 Å². The van der Waals surface area contributed by atoms with Crippen LogP contribution in [0.3, 0.4) is 0 Å². The Balaban J connectivity index is 0.000000300. The summed E-state index contributed by atoms with van der Waals surface area (Å²) in [5, 5.41) is 16.7. The maximum atomic E-state index is 9.55. The average Bonchev–Trinajstić information content (AvgIpc) is 3.20. The summed E-state index contributed by atoms with van der Waals surface area (Å²) in [5.74, 6) is -1.87. The first kappa shape index (κ1) is 20.4. The van der Waals surface area contributed by atoms with E-state index < -0.39 is 11.9 Å². The molecule has 3 aromatic rings. The highest BCUT2D eigenvalue weighted by Gasteiger charge is 2.04. The largest absolute Gasteiger partial charge is 0.481 e. The van der Waals surface area contributed by atoms with Crippen molar-refractivity contribution in [3.63, 3.8) is 0 Å². The number of aliphatic carboxylic acids is 2. The van der Waals surface area contributed by atoms with Crippen LogP contribution in [0, 0.1) is 0 Å². The van der Waals surface area contributed by atoms with Crippen LogP contribution in [-0.2, 0) is 16.1 Å². The zero-order valence-corrected chi connectivity index (χ0v) is 15.1. The van der Waals surface area contributed by atoms with Gasteiger partial charge in [0.2, 0.25) is 5.88 Å². The van der Waals surface area contributed by atoms with E-state index >= 15 is 0 Å². The third-order valence-electron chi connectivity index (χ3n) is 3.45. The van der Waals surface area contributed by atoms with Crippen LogP contribution in [0.4, 0.5) is 0 Å². The maximum absolute atomic E-state index is 9.55. The fourth-order valence-corrected chi connectivity index (χ4v) is 2.24. The Morgan fingerprint density at radius 1 is 1.18 bits per heavy atom. The minimum absolute atomic E-state index is 0.558. The number of fused-ring (bicyclic) bond motifs is 1. The topological polar surface area (TPSA) is 115 Å². The Morgan fingerprint density at radius 3 is 2.50 bits per heavy atom. The summed E-state index contributed by atoms with van der Waals surface area (Å²) in [5.41, 5.74) is 1.92. The second-order valence-corrected chi connectivity index (χ2v) is 5.45. The highest BCUT2D eigenvalue weighted by atomic mass is 16.5. The van der Waals surface area contributed by atoms with E-state index in [2.05, 4.69) is 28.2 Å². The van der Waals surface area contributed by atoms with Crippen LogP contribution < -0.4 is 4.74 Å². The SMILES string of the molecule is COc1nc2ccccc2cc1/C=C/Cn1ccnc1.O=C(O)/C=C/C(=O)O. The number of imidazole rings is 1. The Kier molecular flexibility index (Phi) is 7.47. The number of hydrogen-bond donors (Lipinski definition) is 2. The number of hydrogen-bond acceptors (Lipinski definition) is 5. The Hall–Kier alpha value is -3.94. The first-order valence-corrected chi connectivity index (χ1v) is 8.19. The van der Waals surface area contributed by atoms with E-state index in [0.717, 1.165) is 23.0 Å². The van der Waals surface area contributed by atoms with Gasteiger partial charge in [0, 0.05) is 42.0 Å². The highest BCUT2D eigenvalue weighted by molar-refractivity contribution is 5.89. The molecule has 0 fully saturated rings. The summed E-state index contributed by atoms with van der Waals surface area (Å²) < 4.78 is 7.36. The summed E-state index contributed by atoms with van der Waals surface area (Å²) in [6, 6.07) is 10.1. The highest BCUT2D eigenvalue weighted by Crippen LogP contribution is 2.23. The molecule has 0 aliphatic carbocycles. The van der Waals surface area contributed by atoms with Gasteiger partial charge >= 0.3 is 11.9 Å². The van der Waals surface area contributed by atoms with Gasteiger partial charge in [0.1, 0.15) is 0 Å². The number of ether oxygens (including phenoxy) is 1. The van der Waals surface area contributed by atoms with Crippen molar-refractivity contribution in [2.45, 2.75) is 6.54 Å². The van der Waals surface area contributed by atoms with Crippen molar-refractivity contribution >= 4 is 28.9 Å². The first-order chi connectivity index (χ1) is 13.5. The lowest BCUT2D eigenvalue weighted by Crippen LogP contribution is -1.93. The molecule has 2 aromatic heterocycles. The molecule has 8 heteroatoms. The molecule has 0 atom stereocenters. The molecule has 2 N–H and O–H groups in total. The van der Waals surface area contributed by atoms with Crippen LogP contribution >= 0.6 is 0 Å². The summed E-state index contributed by atoms with van der Waals surface area (Å²) in [4.78, 5) is 27.6. The summed E-state index contributed by atoms with van der Waals surface area (Å²) in [7, 11) is 1.64. The standard InChI is InChI=1S/C16H15N3O.C4H4O4/c1-20-16-14(6-4-9-19-10-8-17-12-19)11-13-5-2-3-7-15(13)18-16;5-3(6)1-2-4(7)8/h2-8,10-12H,9H2,1H3;1-2H,(H,5,6)(H,7,8)/b6-4+;2-1+. The zero-order valence-electron chi connectivity index (χ0n) is 15.1. The number of carboxylic acids is 2. The molecule has 8 nitrogen and oxygen atoms in total. The fourth-order valence-electron chi connectivity index (χ4n) is 2.24. The summed E-state index contributed by atoms with van der Waals surface area (Å²) >= 11 is 0. The van der Waals surface area contributed by atoms with Gasteiger partial charge in [-0.05, 0) is 12.1 Å². The van der Waals surface area contributed by atoms with E-state index in [9.17, 15) is 9.59 Å². The van der Waals surface area contributed by atoms with E-state index in [1.807, 2.05) is 35.0 Å². The minimum atomic E-state index is -1.26. The second kappa shape index (κ2) is 10.3. The molecular formula is C20H19N3O5. The number of benzene rings is 1. The molecule has 0 spiro atoms. The lowest BCUT2D eigenvalue weighted by Gasteiger charge is -2.06. The van der Waals surface area contributed by atoms with E-state index in [-0.39, 0.29) is 0 Å². The molecule has 28 heavy (non-hydrogen) atoms. The van der Waals surface area contributed by atoms with Gasteiger partial charge in [-0.1, -0.05) is 30.4 Å². The van der Waals surface area contributed by atoms with Gasteiger partial charge in [0.05, 0.1) is 19.0 Å². The molecule has 0 radical (unpaired) electrons. The number of methoxy groups -OCH3 is 1. The van der Waals surface area contributed by atoms with Crippen molar-refractivity contribution in [1.29, 1.82) is 0 Å². The molecular weight excluding hydrogens is 362 g/mol. The Bertz CT molecular complexity index is 978. The maximum Gasteiger partial charge on any atom is 0.328 e. The third-order valence-corrected chi connectivity index (χ3v) is 3.45. The molecule has 0 saturated carbocycles. The quantitative estimate of drug-likeness (QED) is 0.631. The molecule has 0 bridgehead atoms. The van der Waals surface area contributed by atoms with Crippen molar-refractivity contribution in [1.82, 2.24) is 14.5 Å². The Morgan fingerprint density at radius 2 is 1.89 bits per heavy atom. The second-order valence-electron chi connectivity index (χ2n) is 5.45. The number of pyridine rings is 1. The van der Waals surface area contributed by atoms with E-state index in [1.165, 1.54) is 0 Å². The molecule has 2 heterocycles. The number of nitrogens with zero attached hydrogens (tertiary/aromatic N) is 3. The van der Waals surface area contributed by atoms with E-state index in [0.29, 0.717) is 18.0 Å². The van der Waals surface area contributed by atoms with Crippen LogP contribution in [0.25, 0.3) is 17.0 Å². The van der Waals surface area contributed by atoms with Crippen LogP contribution in [0.2, 0.25) is 0 Å². The van der Waals surface area contributed by atoms with Gasteiger partial charge in [0.15, 0.2) is 0 Å². The molecule has 0 unspecified atom stereocenters. The average molecular weight is 381 g/mol.